The summed E-state index contributed by atoms with van der Waals surface area (Å²) in [5.41, 5.74) is 1.14. The van der Waals surface area contributed by atoms with Gasteiger partial charge < -0.3 is 28.7 Å². The van der Waals surface area contributed by atoms with Crippen molar-refractivity contribution in [2.45, 2.75) is 88.4 Å². The molecule has 0 bridgehead atoms. The van der Waals surface area contributed by atoms with Crippen molar-refractivity contribution in [1.82, 2.24) is 4.90 Å². The molecule has 6 rings (SSSR count). The number of aliphatic hydroxyl groups excluding tert-OH is 1. The Labute approximate surface area is 267 Å². The number of piperidine rings is 1. The van der Waals surface area contributed by atoms with E-state index in [1.807, 2.05) is 54.3 Å². The van der Waals surface area contributed by atoms with Crippen molar-refractivity contribution in [3.8, 4) is 0 Å². The molecular weight excluding hydrogens is 645 g/mol. The molecule has 2 aromatic rings. The second-order valence-corrected chi connectivity index (χ2v) is 18.0. The first-order valence-corrected chi connectivity index (χ1v) is 19.5. The molecule has 2 aromatic carbocycles. The normalized spacial score (nSPS) is 28.8. The number of benzene rings is 2. The second-order valence-electron chi connectivity index (χ2n) is 13.3. The van der Waals surface area contributed by atoms with Crippen LogP contribution in [0.2, 0.25) is 18.6 Å². The van der Waals surface area contributed by atoms with Crippen LogP contribution in [0.3, 0.4) is 0 Å². The lowest BCUT2D eigenvalue weighted by Gasteiger charge is -2.31. The summed E-state index contributed by atoms with van der Waals surface area (Å²) in [6, 6.07) is 13.2. The standard InChI is InChI=1S/C33H41BrFN3O5Si/c1-21-31(44(2,3)35)28(18-30(41)37-16-6-7-25(37)20-39)43-33(21)26-17-23(34)11-14-27(26)38(32(33)42)19-22-9-12-24(13-10-22)36-15-5-4-8-29(36)40/h9-14,17,21,25,28,31,39H,4-8,15-16,18-20H2,1-3H3/t21-,25+,28+,31-,33+/m1/s1. The van der Waals surface area contributed by atoms with E-state index < -0.39 is 31.6 Å². The van der Waals surface area contributed by atoms with E-state index in [2.05, 4.69) is 15.9 Å². The molecule has 5 atom stereocenters. The van der Waals surface area contributed by atoms with Gasteiger partial charge in [0.25, 0.3) is 5.91 Å². The number of hydrogen-bond acceptors (Lipinski definition) is 5. The number of ether oxygens (including phenoxy) is 1. The molecule has 0 aliphatic carbocycles. The topological polar surface area (TPSA) is 90.4 Å². The van der Waals surface area contributed by atoms with Crippen LogP contribution in [-0.4, -0.2) is 68.0 Å². The highest BCUT2D eigenvalue weighted by Crippen LogP contribution is 2.60. The summed E-state index contributed by atoms with van der Waals surface area (Å²) in [4.78, 5) is 45.8. The van der Waals surface area contributed by atoms with Gasteiger partial charge in [0.05, 0.1) is 37.4 Å². The molecule has 0 unspecified atom stereocenters. The van der Waals surface area contributed by atoms with E-state index in [1.54, 1.807) is 22.9 Å². The summed E-state index contributed by atoms with van der Waals surface area (Å²) in [5.74, 6) is -0.785. The SMILES string of the molecule is C[C@@H]1[C@@H]([Si](C)(C)F)[C@H](CC(=O)N2CCC[C@H]2CO)O[C@@]12C(=O)N(Cc1ccc(N3CCCCC3=O)cc1)c1ccc(Br)cc12. The maximum absolute atomic E-state index is 16.2. The maximum atomic E-state index is 16.2. The van der Waals surface area contributed by atoms with Crippen LogP contribution in [0.5, 0.6) is 0 Å². The molecule has 0 radical (unpaired) electrons. The van der Waals surface area contributed by atoms with E-state index in [4.69, 9.17) is 4.74 Å². The van der Waals surface area contributed by atoms with E-state index in [1.165, 1.54) is 0 Å². The largest absolute Gasteiger partial charge is 0.394 e. The highest BCUT2D eigenvalue weighted by molar-refractivity contribution is 9.10. The fraction of sp³-hybridized carbons (Fsp3) is 0.545. The quantitative estimate of drug-likeness (QED) is 0.300. The zero-order valence-electron chi connectivity index (χ0n) is 25.6. The molecule has 3 amide bonds. The van der Waals surface area contributed by atoms with Crippen LogP contribution in [0.1, 0.15) is 56.6 Å². The summed E-state index contributed by atoms with van der Waals surface area (Å²) in [6.45, 7) is 6.62. The number of fused-ring (bicyclic) bond motifs is 2. The van der Waals surface area contributed by atoms with Crippen LogP contribution in [0.4, 0.5) is 15.5 Å². The molecule has 4 aliphatic heterocycles. The van der Waals surface area contributed by atoms with Gasteiger partial charge in [-0.3, -0.25) is 14.4 Å². The Kier molecular flexibility index (Phi) is 8.53. The molecule has 4 aliphatic rings. The number of halogens is 2. The van der Waals surface area contributed by atoms with Gasteiger partial charge in [-0.1, -0.05) is 35.0 Å². The molecule has 0 saturated carbocycles. The zero-order valence-corrected chi connectivity index (χ0v) is 28.2. The Bertz CT molecular complexity index is 1450. The van der Waals surface area contributed by atoms with Gasteiger partial charge in [-0.05, 0) is 74.7 Å². The van der Waals surface area contributed by atoms with Crippen molar-refractivity contribution in [3.05, 3.63) is 58.1 Å². The van der Waals surface area contributed by atoms with E-state index in [-0.39, 0.29) is 43.3 Å². The number of anilines is 2. The lowest BCUT2D eigenvalue weighted by atomic mass is 9.82. The number of amides is 3. The second kappa shape index (κ2) is 12.0. The third-order valence-corrected chi connectivity index (χ3v) is 13.1. The van der Waals surface area contributed by atoms with Gasteiger partial charge in [-0.25, -0.2) is 0 Å². The fourth-order valence-corrected chi connectivity index (χ4v) is 10.9. The van der Waals surface area contributed by atoms with Crippen LogP contribution in [0, 0.1) is 5.92 Å². The van der Waals surface area contributed by atoms with Crippen LogP contribution in [0.15, 0.2) is 46.9 Å². The van der Waals surface area contributed by atoms with Gasteiger partial charge >= 0.3 is 0 Å². The predicted octanol–water partition coefficient (Wildman–Crippen LogP) is 5.66. The summed E-state index contributed by atoms with van der Waals surface area (Å²) in [5, 5.41) is 9.80. The highest BCUT2D eigenvalue weighted by atomic mass is 79.9. The average Bonchev–Trinajstić information content (AvgIpc) is 3.64. The maximum Gasteiger partial charge on any atom is 0.264 e. The molecule has 11 heteroatoms. The van der Waals surface area contributed by atoms with Gasteiger partial charge in [0.15, 0.2) is 5.60 Å². The number of rotatable bonds is 7. The summed E-state index contributed by atoms with van der Waals surface area (Å²) >= 11 is 3.57. The molecule has 44 heavy (non-hydrogen) atoms. The Morgan fingerprint density at radius 1 is 1.11 bits per heavy atom. The van der Waals surface area contributed by atoms with Crippen molar-refractivity contribution < 1.29 is 28.3 Å². The monoisotopic (exact) mass is 685 g/mol. The number of carbonyl (C=O) groups is 3. The number of carbonyl (C=O) groups excluding carboxylic acids is 3. The van der Waals surface area contributed by atoms with Gasteiger partial charge in [0.2, 0.25) is 20.2 Å². The molecule has 3 saturated heterocycles. The fourth-order valence-electron chi connectivity index (χ4n) is 8.06. The molecule has 236 valence electrons. The van der Waals surface area contributed by atoms with Gasteiger partial charge in [-0.2, -0.15) is 0 Å². The first kappa shape index (κ1) is 31.4. The predicted molar refractivity (Wildman–Crippen MR) is 172 cm³/mol. The average molecular weight is 687 g/mol. The minimum atomic E-state index is -3.42. The molecule has 1 N–H and O–H groups in total. The zero-order chi connectivity index (χ0) is 31.4. The van der Waals surface area contributed by atoms with E-state index in [0.29, 0.717) is 30.8 Å². The first-order chi connectivity index (χ1) is 21.0. The van der Waals surface area contributed by atoms with E-state index >= 15 is 4.11 Å². The molecule has 3 fully saturated rings. The molecule has 4 heterocycles. The number of nitrogens with zero attached hydrogens (tertiary/aromatic N) is 3. The molecule has 1 spiro atoms. The van der Waals surface area contributed by atoms with E-state index in [0.717, 1.165) is 41.4 Å². The highest BCUT2D eigenvalue weighted by Gasteiger charge is 2.67. The first-order valence-electron chi connectivity index (χ1n) is 15.7. The van der Waals surface area contributed by atoms with Crippen molar-refractivity contribution in [2.75, 3.05) is 29.5 Å². The van der Waals surface area contributed by atoms with Crippen LogP contribution in [-0.2, 0) is 31.3 Å². The van der Waals surface area contributed by atoms with Gasteiger partial charge in [0, 0.05) is 46.7 Å². The Balaban J connectivity index is 1.31. The number of aliphatic hydroxyl groups is 1. The van der Waals surface area contributed by atoms with Crippen molar-refractivity contribution in [3.63, 3.8) is 0 Å². The minimum Gasteiger partial charge on any atom is -0.394 e. The van der Waals surface area contributed by atoms with Crippen molar-refractivity contribution in [2.24, 2.45) is 5.92 Å². The summed E-state index contributed by atoms with van der Waals surface area (Å²) in [7, 11) is -3.42. The van der Waals surface area contributed by atoms with Crippen LogP contribution < -0.4 is 9.80 Å². The summed E-state index contributed by atoms with van der Waals surface area (Å²) in [6.07, 6.45) is 3.23. The van der Waals surface area contributed by atoms with Gasteiger partial charge in [0.1, 0.15) is 0 Å². The Hall–Kier alpha value is -2.60. The molecule has 8 nitrogen and oxygen atoms in total. The number of hydrogen-bond donors (Lipinski definition) is 1. The summed E-state index contributed by atoms with van der Waals surface area (Å²) < 4.78 is 23.7. The smallest absolute Gasteiger partial charge is 0.264 e. The van der Waals surface area contributed by atoms with Crippen LogP contribution in [0.25, 0.3) is 0 Å². The molecule has 0 aromatic heterocycles. The number of likely N-dealkylation sites (tertiary alicyclic amines) is 1. The van der Waals surface area contributed by atoms with Gasteiger partial charge in [-0.15, -0.1) is 0 Å². The lowest BCUT2D eigenvalue weighted by molar-refractivity contribution is -0.150. The Morgan fingerprint density at radius 2 is 1.86 bits per heavy atom. The minimum absolute atomic E-state index is 0.0269. The van der Waals surface area contributed by atoms with Crippen molar-refractivity contribution in [1.29, 1.82) is 0 Å². The third kappa shape index (κ3) is 5.33. The van der Waals surface area contributed by atoms with E-state index in [9.17, 15) is 19.5 Å². The van der Waals surface area contributed by atoms with Crippen LogP contribution >= 0.6 is 15.9 Å². The van der Waals surface area contributed by atoms with Crippen molar-refractivity contribution >= 4 is 53.4 Å². The Morgan fingerprint density at radius 3 is 2.55 bits per heavy atom. The third-order valence-electron chi connectivity index (χ3n) is 10.1. The molecular formula is C33H41BrFN3O5Si. The lowest BCUT2D eigenvalue weighted by Crippen LogP contribution is -2.45.